The highest BCUT2D eigenvalue weighted by Crippen LogP contribution is 2.07. The standard InChI is InChI=1S/C16H18NO.BrH/c1-3-14-9-8-13(2)17(10-14)11-15-6-4-5-7-16(15)12-18;/h4-10,12H,3,11H2,1-2H3;1H/q+1;/p-1. The zero-order chi connectivity index (χ0) is 13.0. The highest BCUT2D eigenvalue weighted by molar-refractivity contribution is 5.76. The van der Waals surface area contributed by atoms with Crippen molar-refractivity contribution in [2.45, 2.75) is 26.8 Å². The van der Waals surface area contributed by atoms with Gasteiger partial charge in [0.2, 0.25) is 0 Å². The van der Waals surface area contributed by atoms with Crippen LogP contribution in [0.2, 0.25) is 0 Å². The van der Waals surface area contributed by atoms with E-state index in [0.717, 1.165) is 30.4 Å². The number of hydrogen-bond acceptors (Lipinski definition) is 1. The Morgan fingerprint density at radius 1 is 1.16 bits per heavy atom. The van der Waals surface area contributed by atoms with Crippen molar-refractivity contribution in [2.24, 2.45) is 0 Å². The highest BCUT2D eigenvalue weighted by atomic mass is 79.9. The van der Waals surface area contributed by atoms with E-state index in [2.05, 4.69) is 36.7 Å². The van der Waals surface area contributed by atoms with Crippen LogP contribution in [-0.4, -0.2) is 6.29 Å². The summed E-state index contributed by atoms with van der Waals surface area (Å²) in [6.07, 6.45) is 4.11. The molecule has 0 bridgehead atoms. The number of hydrogen-bond donors (Lipinski definition) is 0. The molecular formula is C16H18BrNO. The molecule has 0 saturated heterocycles. The first-order chi connectivity index (χ1) is 8.74. The second kappa shape index (κ2) is 7.19. The number of pyridine rings is 1. The van der Waals surface area contributed by atoms with E-state index in [9.17, 15) is 4.79 Å². The topological polar surface area (TPSA) is 20.9 Å². The summed E-state index contributed by atoms with van der Waals surface area (Å²) < 4.78 is 2.20. The Kier molecular flexibility index (Phi) is 5.90. The summed E-state index contributed by atoms with van der Waals surface area (Å²) in [7, 11) is 0. The summed E-state index contributed by atoms with van der Waals surface area (Å²) in [4.78, 5) is 11.0. The number of aromatic nitrogens is 1. The molecule has 0 aliphatic heterocycles. The maximum Gasteiger partial charge on any atom is 0.178 e. The van der Waals surface area contributed by atoms with Gasteiger partial charge in [-0.25, -0.2) is 0 Å². The minimum Gasteiger partial charge on any atom is -1.00 e. The molecule has 1 aromatic heterocycles. The molecule has 2 nitrogen and oxygen atoms in total. The molecule has 2 aromatic rings. The number of carbonyl (C=O) groups is 1. The fourth-order valence-electron chi connectivity index (χ4n) is 2.02. The lowest BCUT2D eigenvalue weighted by Gasteiger charge is -2.05. The van der Waals surface area contributed by atoms with E-state index in [0.29, 0.717) is 0 Å². The summed E-state index contributed by atoms with van der Waals surface area (Å²) in [5.41, 5.74) is 4.34. The second-order valence-corrected chi connectivity index (χ2v) is 4.48. The van der Waals surface area contributed by atoms with E-state index >= 15 is 0 Å². The fraction of sp³-hybridized carbons (Fsp3) is 0.250. The summed E-state index contributed by atoms with van der Waals surface area (Å²) in [6, 6.07) is 12.0. The monoisotopic (exact) mass is 319 g/mol. The van der Waals surface area contributed by atoms with E-state index in [4.69, 9.17) is 0 Å². The smallest absolute Gasteiger partial charge is 0.178 e. The lowest BCUT2D eigenvalue weighted by Crippen LogP contribution is -3.00. The molecule has 100 valence electrons. The van der Waals surface area contributed by atoms with Crippen LogP contribution in [0.4, 0.5) is 0 Å². The highest BCUT2D eigenvalue weighted by Gasteiger charge is 2.10. The molecule has 1 heterocycles. The average Bonchev–Trinajstić information content (AvgIpc) is 2.42. The van der Waals surface area contributed by atoms with E-state index in [1.165, 1.54) is 11.3 Å². The maximum absolute atomic E-state index is 11.0. The van der Waals surface area contributed by atoms with Crippen LogP contribution in [0.3, 0.4) is 0 Å². The molecule has 0 unspecified atom stereocenters. The summed E-state index contributed by atoms with van der Waals surface area (Å²) >= 11 is 0. The van der Waals surface area contributed by atoms with Crippen LogP contribution < -0.4 is 21.5 Å². The third-order valence-corrected chi connectivity index (χ3v) is 3.24. The normalized spacial score (nSPS) is 9.79. The van der Waals surface area contributed by atoms with Crippen LogP contribution in [0.5, 0.6) is 0 Å². The molecule has 0 N–H and O–H groups in total. The Labute approximate surface area is 124 Å². The van der Waals surface area contributed by atoms with Crippen molar-refractivity contribution >= 4 is 6.29 Å². The number of carbonyl (C=O) groups excluding carboxylic acids is 1. The Morgan fingerprint density at radius 2 is 1.89 bits per heavy atom. The van der Waals surface area contributed by atoms with Crippen molar-refractivity contribution in [3.63, 3.8) is 0 Å². The first-order valence-corrected chi connectivity index (χ1v) is 6.26. The van der Waals surface area contributed by atoms with Gasteiger partial charge in [0, 0.05) is 29.7 Å². The average molecular weight is 320 g/mol. The minimum absolute atomic E-state index is 0. The zero-order valence-electron chi connectivity index (χ0n) is 11.3. The molecule has 0 atom stereocenters. The lowest BCUT2D eigenvalue weighted by molar-refractivity contribution is -0.694. The second-order valence-electron chi connectivity index (χ2n) is 4.48. The number of nitrogens with zero attached hydrogens (tertiary/aromatic N) is 1. The van der Waals surface area contributed by atoms with Gasteiger partial charge in [-0.2, -0.15) is 4.57 Å². The van der Waals surface area contributed by atoms with Gasteiger partial charge in [0.15, 0.2) is 24.7 Å². The van der Waals surface area contributed by atoms with Gasteiger partial charge in [-0.05, 0) is 12.5 Å². The molecule has 0 spiro atoms. The van der Waals surface area contributed by atoms with E-state index in [1.54, 1.807) is 0 Å². The van der Waals surface area contributed by atoms with Gasteiger partial charge in [-0.1, -0.05) is 31.2 Å². The first kappa shape index (κ1) is 15.6. The minimum atomic E-state index is 0. The molecule has 0 saturated carbocycles. The van der Waals surface area contributed by atoms with Gasteiger partial charge in [-0.3, -0.25) is 4.79 Å². The maximum atomic E-state index is 11.0. The van der Waals surface area contributed by atoms with Crippen LogP contribution in [0.15, 0.2) is 42.6 Å². The lowest BCUT2D eigenvalue weighted by atomic mass is 10.1. The molecule has 0 amide bonds. The predicted molar refractivity (Wildman–Crippen MR) is 71.7 cm³/mol. The molecule has 2 rings (SSSR count). The summed E-state index contributed by atoms with van der Waals surface area (Å²) in [5.74, 6) is 0. The largest absolute Gasteiger partial charge is 1.00 e. The van der Waals surface area contributed by atoms with Gasteiger partial charge in [-0.15, -0.1) is 0 Å². The van der Waals surface area contributed by atoms with Gasteiger partial charge >= 0.3 is 0 Å². The van der Waals surface area contributed by atoms with Crippen molar-refractivity contribution < 1.29 is 26.3 Å². The molecular weight excluding hydrogens is 302 g/mol. The van der Waals surface area contributed by atoms with Crippen LogP contribution >= 0.6 is 0 Å². The third-order valence-electron chi connectivity index (χ3n) is 3.24. The van der Waals surface area contributed by atoms with Crippen LogP contribution in [0.1, 0.15) is 34.1 Å². The van der Waals surface area contributed by atoms with Crippen LogP contribution in [0.25, 0.3) is 0 Å². The predicted octanol–water partition coefficient (Wildman–Crippen LogP) is -0.290. The summed E-state index contributed by atoms with van der Waals surface area (Å²) in [6.45, 7) is 4.98. The van der Waals surface area contributed by atoms with Crippen molar-refractivity contribution in [3.8, 4) is 0 Å². The van der Waals surface area contributed by atoms with Crippen LogP contribution in [0, 0.1) is 6.92 Å². The quantitative estimate of drug-likeness (QED) is 0.560. The number of benzene rings is 1. The van der Waals surface area contributed by atoms with Crippen molar-refractivity contribution in [3.05, 3.63) is 65.0 Å². The molecule has 3 heteroatoms. The molecule has 0 radical (unpaired) electrons. The fourth-order valence-corrected chi connectivity index (χ4v) is 2.02. The first-order valence-electron chi connectivity index (χ1n) is 6.26. The number of halogens is 1. The number of aryl methyl sites for hydroxylation is 2. The third kappa shape index (κ3) is 3.74. The molecule has 0 aliphatic carbocycles. The van der Waals surface area contributed by atoms with Crippen molar-refractivity contribution in [1.82, 2.24) is 0 Å². The van der Waals surface area contributed by atoms with Crippen molar-refractivity contribution in [1.29, 1.82) is 0 Å². The molecule has 0 aliphatic rings. The van der Waals surface area contributed by atoms with Crippen LogP contribution in [-0.2, 0) is 13.0 Å². The molecule has 19 heavy (non-hydrogen) atoms. The van der Waals surface area contributed by atoms with Gasteiger partial charge in [0.1, 0.15) is 0 Å². The Balaban J connectivity index is 0.00000180. The van der Waals surface area contributed by atoms with Gasteiger partial charge < -0.3 is 17.0 Å². The van der Waals surface area contributed by atoms with Gasteiger partial charge in [0.25, 0.3) is 0 Å². The summed E-state index contributed by atoms with van der Waals surface area (Å²) in [5, 5.41) is 0. The Morgan fingerprint density at radius 3 is 2.58 bits per heavy atom. The van der Waals surface area contributed by atoms with E-state index < -0.39 is 0 Å². The number of aldehydes is 1. The molecule has 0 fully saturated rings. The zero-order valence-corrected chi connectivity index (χ0v) is 12.9. The Bertz CT molecular complexity index is 566. The van der Waals surface area contributed by atoms with E-state index in [-0.39, 0.29) is 17.0 Å². The Hall–Kier alpha value is -1.48. The number of rotatable bonds is 4. The molecule has 1 aromatic carbocycles. The SMILES string of the molecule is CCc1ccc(C)[n+](Cc2ccccc2C=O)c1.[Br-]. The van der Waals surface area contributed by atoms with E-state index in [1.807, 2.05) is 24.3 Å². The van der Waals surface area contributed by atoms with Crippen molar-refractivity contribution in [2.75, 3.05) is 0 Å². The van der Waals surface area contributed by atoms with Gasteiger partial charge in [0.05, 0.1) is 0 Å².